The van der Waals surface area contributed by atoms with Crippen molar-refractivity contribution in [3.8, 4) is 11.8 Å². The lowest BCUT2D eigenvalue weighted by atomic mass is 9.90. The van der Waals surface area contributed by atoms with E-state index in [0.717, 1.165) is 25.1 Å². The highest BCUT2D eigenvalue weighted by Crippen LogP contribution is 2.23. The maximum atomic E-state index is 9.01. The molecule has 0 aliphatic carbocycles. The van der Waals surface area contributed by atoms with Gasteiger partial charge >= 0.3 is 0 Å². The molecule has 0 heterocycles. The van der Waals surface area contributed by atoms with Crippen LogP contribution in [0.25, 0.3) is 0 Å². The van der Waals surface area contributed by atoms with Crippen LogP contribution < -0.4 is 10.1 Å². The highest BCUT2D eigenvalue weighted by molar-refractivity contribution is 5.36. The first-order chi connectivity index (χ1) is 9.84. The molecule has 0 spiro atoms. The van der Waals surface area contributed by atoms with E-state index >= 15 is 0 Å². The highest BCUT2D eigenvalue weighted by atomic mass is 16.5. The standard InChI is InChI=1S/C18H28N2O/c1-14(2)20-12-16-11-15(3)7-8-17(16)21-10-6-9-18(4,5)13-19/h7-8,11,14,20H,6,9-10,12H2,1-5H3. The zero-order valence-corrected chi connectivity index (χ0v) is 14.0. The van der Waals surface area contributed by atoms with Crippen molar-refractivity contribution in [1.82, 2.24) is 5.32 Å². The second kappa shape index (κ2) is 8.05. The molecule has 116 valence electrons. The molecule has 0 amide bonds. The maximum Gasteiger partial charge on any atom is 0.123 e. The van der Waals surface area contributed by atoms with Crippen LogP contribution in [-0.2, 0) is 6.54 Å². The average molecular weight is 288 g/mol. The molecule has 1 aromatic carbocycles. The zero-order chi connectivity index (χ0) is 15.9. The van der Waals surface area contributed by atoms with Crippen molar-refractivity contribution in [2.24, 2.45) is 5.41 Å². The molecule has 0 saturated heterocycles. The monoisotopic (exact) mass is 288 g/mol. The van der Waals surface area contributed by atoms with E-state index in [0.29, 0.717) is 12.6 Å². The Hall–Kier alpha value is -1.53. The van der Waals surface area contributed by atoms with Crippen LogP contribution in [0.4, 0.5) is 0 Å². The van der Waals surface area contributed by atoms with Crippen LogP contribution >= 0.6 is 0 Å². The minimum atomic E-state index is -0.265. The Balaban J connectivity index is 2.56. The van der Waals surface area contributed by atoms with E-state index in [2.05, 4.69) is 44.3 Å². The summed E-state index contributed by atoms with van der Waals surface area (Å²) in [6.07, 6.45) is 1.75. The fourth-order valence-corrected chi connectivity index (χ4v) is 2.05. The quantitative estimate of drug-likeness (QED) is 0.729. The number of ether oxygens (including phenoxy) is 1. The topological polar surface area (TPSA) is 45.0 Å². The molecule has 0 radical (unpaired) electrons. The molecule has 0 aromatic heterocycles. The third kappa shape index (κ3) is 6.64. The average Bonchev–Trinajstić information content (AvgIpc) is 2.43. The third-order valence-corrected chi connectivity index (χ3v) is 3.42. The first kappa shape index (κ1) is 17.5. The van der Waals surface area contributed by atoms with E-state index in [-0.39, 0.29) is 5.41 Å². The molecule has 0 unspecified atom stereocenters. The molecule has 3 heteroatoms. The van der Waals surface area contributed by atoms with Gasteiger partial charge in [0.25, 0.3) is 0 Å². The molecule has 0 fully saturated rings. The number of rotatable bonds is 8. The first-order valence-electron chi connectivity index (χ1n) is 7.71. The van der Waals surface area contributed by atoms with Crippen molar-refractivity contribution >= 4 is 0 Å². The molecule has 0 saturated carbocycles. The van der Waals surface area contributed by atoms with Gasteiger partial charge in [-0.3, -0.25) is 0 Å². The Morgan fingerprint density at radius 3 is 2.67 bits per heavy atom. The largest absolute Gasteiger partial charge is 0.493 e. The summed E-state index contributed by atoms with van der Waals surface area (Å²) < 4.78 is 5.91. The fourth-order valence-electron chi connectivity index (χ4n) is 2.05. The van der Waals surface area contributed by atoms with Crippen molar-refractivity contribution in [2.45, 2.75) is 60.0 Å². The van der Waals surface area contributed by atoms with Gasteiger partial charge in [0, 0.05) is 18.2 Å². The van der Waals surface area contributed by atoms with E-state index in [1.807, 2.05) is 19.9 Å². The summed E-state index contributed by atoms with van der Waals surface area (Å²) in [7, 11) is 0. The summed E-state index contributed by atoms with van der Waals surface area (Å²) >= 11 is 0. The summed E-state index contributed by atoms with van der Waals surface area (Å²) in [5.74, 6) is 0.948. The van der Waals surface area contributed by atoms with Gasteiger partial charge in [-0.05, 0) is 39.7 Å². The van der Waals surface area contributed by atoms with Crippen molar-refractivity contribution in [3.63, 3.8) is 0 Å². The first-order valence-corrected chi connectivity index (χ1v) is 7.71. The molecule has 1 aromatic rings. The molecule has 1 rings (SSSR count). The highest BCUT2D eigenvalue weighted by Gasteiger charge is 2.15. The Labute approximate surface area is 129 Å². The number of nitrogens with one attached hydrogen (secondary N) is 1. The third-order valence-electron chi connectivity index (χ3n) is 3.42. The SMILES string of the molecule is Cc1ccc(OCCCC(C)(C)C#N)c(CNC(C)C)c1. The van der Waals surface area contributed by atoms with Crippen LogP contribution in [0.15, 0.2) is 18.2 Å². The number of aryl methyl sites for hydroxylation is 1. The predicted molar refractivity (Wildman–Crippen MR) is 87.3 cm³/mol. The van der Waals surface area contributed by atoms with Crippen molar-refractivity contribution < 1.29 is 4.74 Å². The van der Waals surface area contributed by atoms with Crippen LogP contribution in [0, 0.1) is 23.7 Å². The molecule has 0 atom stereocenters. The summed E-state index contributed by atoms with van der Waals surface area (Å²) in [6.45, 7) is 11.8. The van der Waals surface area contributed by atoms with Gasteiger partial charge in [-0.1, -0.05) is 31.5 Å². The van der Waals surface area contributed by atoms with Crippen LogP contribution in [0.5, 0.6) is 5.75 Å². The lowest BCUT2D eigenvalue weighted by molar-refractivity contribution is 0.281. The molecule has 21 heavy (non-hydrogen) atoms. The summed E-state index contributed by atoms with van der Waals surface area (Å²) in [5.41, 5.74) is 2.18. The van der Waals surface area contributed by atoms with Crippen LogP contribution in [0.3, 0.4) is 0 Å². The number of nitrogens with zero attached hydrogens (tertiary/aromatic N) is 1. The zero-order valence-electron chi connectivity index (χ0n) is 14.0. The minimum Gasteiger partial charge on any atom is -0.493 e. The van der Waals surface area contributed by atoms with Gasteiger partial charge in [0.2, 0.25) is 0 Å². The second-order valence-corrected chi connectivity index (χ2v) is 6.59. The van der Waals surface area contributed by atoms with Crippen molar-refractivity contribution in [3.05, 3.63) is 29.3 Å². The molecular weight excluding hydrogens is 260 g/mol. The van der Waals surface area contributed by atoms with Gasteiger partial charge in [-0.2, -0.15) is 5.26 Å². The van der Waals surface area contributed by atoms with E-state index < -0.39 is 0 Å². The van der Waals surface area contributed by atoms with Gasteiger partial charge in [0.15, 0.2) is 0 Å². The number of benzene rings is 1. The number of nitriles is 1. The van der Waals surface area contributed by atoms with Crippen LogP contribution in [0.2, 0.25) is 0 Å². The van der Waals surface area contributed by atoms with Gasteiger partial charge in [0.1, 0.15) is 5.75 Å². The lowest BCUT2D eigenvalue weighted by Gasteiger charge is -2.17. The van der Waals surface area contributed by atoms with Gasteiger partial charge in [0.05, 0.1) is 18.1 Å². The van der Waals surface area contributed by atoms with E-state index in [4.69, 9.17) is 10.00 Å². The summed E-state index contributed by atoms with van der Waals surface area (Å²) in [6, 6.07) is 9.07. The van der Waals surface area contributed by atoms with Gasteiger partial charge < -0.3 is 10.1 Å². The Bertz CT molecular complexity index is 486. The van der Waals surface area contributed by atoms with E-state index in [9.17, 15) is 0 Å². The molecule has 3 nitrogen and oxygen atoms in total. The van der Waals surface area contributed by atoms with E-state index in [1.54, 1.807) is 0 Å². The van der Waals surface area contributed by atoms with Gasteiger partial charge in [-0.15, -0.1) is 0 Å². The Kier molecular flexibility index (Phi) is 6.71. The summed E-state index contributed by atoms with van der Waals surface area (Å²) in [5, 5.41) is 12.4. The van der Waals surface area contributed by atoms with Crippen LogP contribution in [0.1, 0.15) is 51.7 Å². The molecule has 1 N–H and O–H groups in total. The van der Waals surface area contributed by atoms with Crippen LogP contribution in [-0.4, -0.2) is 12.6 Å². The molecule has 0 aliphatic rings. The van der Waals surface area contributed by atoms with E-state index in [1.165, 1.54) is 11.1 Å². The molecule has 0 bridgehead atoms. The van der Waals surface area contributed by atoms with Crippen molar-refractivity contribution in [2.75, 3.05) is 6.61 Å². The maximum absolute atomic E-state index is 9.01. The Morgan fingerprint density at radius 1 is 1.33 bits per heavy atom. The normalized spacial score (nSPS) is 11.5. The number of hydrogen-bond acceptors (Lipinski definition) is 3. The minimum absolute atomic E-state index is 0.265. The Morgan fingerprint density at radius 2 is 2.05 bits per heavy atom. The van der Waals surface area contributed by atoms with Crippen molar-refractivity contribution in [1.29, 1.82) is 5.26 Å². The van der Waals surface area contributed by atoms with Gasteiger partial charge in [-0.25, -0.2) is 0 Å². The number of hydrogen-bond donors (Lipinski definition) is 1. The summed E-state index contributed by atoms with van der Waals surface area (Å²) in [4.78, 5) is 0. The second-order valence-electron chi connectivity index (χ2n) is 6.59. The lowest BCUT2D eigenvalue weighted by Crippen LogP contribution is -2.22. The molecule has 0 aliphatic heterocycles. The molecular formula is C18H28N2O. The smallest absolute Gasteiger partial charge is 0.123 e. The fraction of sp³-hybridized carbons (Fsp3) is 0.611. The predicted octanol–water partition coefficient (Wildman–Crippen LogP) is 4.20.